The van der Waals surface area contributed by atoms with Gasteiger partial charge in [0.2, 0.25) is 0 Å². The SMILES string of the molecule is CCOC(=O)C(C)(C)C(=O)CN1CCCC1CO. The van der Waals surface area contributed by atoms with Crippen molar-refractivity contribution in [2.24, 2.45) is 5.41 Å². The highest BCUT2D eigenvalue weighted by Crippen LogP contribution is 2.23. The molecule has 5 heteroatoms. The fraction of sp³-hybridized carbons (Fsp3) is 0.846. The lowest BCUT2D eigenvalue weighted by Gasteiger charge is -2.27. The third-order valence-electron chi connectivity index (χ3n) is 3.54. The molecule has 1 fully saturated rings. The lowest BCUT2D eigenvalue weighted by atomic mass is 9.87. The molecule has 0 aromatic carbocycles. The van der Waals surface area contributed by atoms with E-state index in [0.717, 1.165) is 19.4 Å². The minimum Gasteiger partial charge on any atom is -0.465 e. The topological polar surface area (TPSA) is 66.8 Å². The molecule has 1 heterocycles. The van der Waals surface area contributed by atoms with E-state index in [1.807, 2.05) is 4.90 Å². The largest absolute Gasteiger partial charge is 0.465 e. The Labute approximate surface area is 108 Å². The molecule has 0 saturated carbocycles. The summed E-state index contributed by atoms with van der Waals surface area (Å²) < 4.78 is 4.92. The first-order valence-corrected chi connectivity index (χ1v) is 6.49. The zero-order chi connectivity index (χ0) is 13.8. The molecule has 104 valence electrons. The number of nitrogens with zero attached hydrogens (tertiary/aromatic N) is 1. The van der Waals surface area contributed by atoms with E-state index >= 15 is 0 Å². The highest BCUT2D eigenvalue weighted by Gasteiger charge is 2.39. The summed E-state index contributed by atoms with van der Waals surface area (Å²) in [6.45, 7) is 6.26. The number of ether oxygens (including phenoxy) is 1. The summed E-state index contributed by atoms with van der Waals surface area (Å²) in [5, 5.41) is 9.20. The number of hydrogen-bond acceptors (Lipinski definition) is 5. The van der Waals surface area contributed by atoms with Crippen LogP contribution in [0.25, 0.3) is 0 Å². The minimum absolute atomic E-state index is 0.0481. The fourth-order valence-corrected chi connectivity index (χ4v) is 2.12. The molecule has 0 radical (unpaired) electrons. The molecular weight excluding hydrogens is 234 g/mol. The molecular formula is C13H23NO4. The van der Waals surface area contributed by atoms with Crippen LogP contribution < -0.4 is 0 Å². The average Bonchev–Trinajstić information content (AvgIpc) is 2.76. The Morgan fingerprint density at radius 1 is 1.44 bits per heavy atom. The Morgan fingerprint density at radius 3 is 2.67 bits per heavy atom. The number of ketones is 1. The molecule has 0 aliphatic carbocycles. The summed E-state index contributed by atoms with van der Waals surface area (Å²) in [6.07, 6.45) is 1.89. The van der Waals surface area contributed by atoms with Crippen LogP contribution in [0.1, 0.15) is 33.6 Å². The number of likely N-dealkylation sites (tertiary alicyclic amines) is 1. The predicted molar refractivity (Wildman–Crippen MR) is 67.1 cm³/mol. The fourth-order valence-electron chi connectivity index (χ4n) is 2.12. The Bertz CT molecular complexity index is 314. The van der Waals surface area contributed by atoms with Gasteiger partial charge in [-0.05, 0) is 40.2 Å². The Morgan fingerprint density at radius 2 is 2.11 bits per heavy atom. The van der Waals surface area contributed by atoms with Crippen LogP contribution in [-0.4, -0.2) is 54.1 Å². The molecule has 0 spiro atoms. The van der Waals surface area contributed by atoms with E-state index in [1.54, 1.807) is 20.8 Å². The second kappa shape index (κ2) is 6.29. The van der Waals surface area contributed by atoms with Gasteiger partial charge in [-0.2, -0.15) is 0 Å². The zero-order valence-corrected chi connectivity index (χ0v) is 11.4. The van der Waals surface area contributed by atoms with Crippen LogP contribution in [-0.2, 0) is 14.3 Å². The van der Waals surface area contributed by atoms with Gasteiger partial charge < -0.3 is 9.84 Å². The summed E-state index contributed by atoms with van der Waals surface area (Å²) >= 11 is 0. The van der Waals surface area contributed by atoms with E-state index in [0.29, 0.717) is 0 Å². The van der Waals surface area contributed by atoms with Gasteiger partial charge >= 0.3 is 5.97 Å². The van der Waals surface area contributed by atoms with Crippen LogP contribution in [0.3, 0.4) is 0 Å². The lowest BCUT2D eigenvalue weighted by molar-refractivity contribution is -0.158. The van der Waals surface area contributed by atoms with Crippen LogP contribution in [0, 0.1) is 5.41 Å². The van der Waals surface area contributed by atoms with E-state index in [-0.39, 0.29) is 31.6 Å². The van der Waals surface area contributed by atoms with Crippen LogP contribution in [0.15, 0.2) is 0 Å². The second-order valence-electron chi connectivity index (χ2n) is 5.22. The van der Waals surface area contributed by atoms with Crippen molar-refractivity contribution < 1.29 is 19.4 Å². The van der Waals surface area contributed by atoms with Crippen LogP contribution in [0.2, 0.25) is 0 Å². The van der Waals surface area contributed by atoms with Crippen molar-refractivity contribution in [1.82, 2.24) is 4.90 Å². The highest BCUT2D eigenvalue weighted by atomic mass is 16.5. The molecule has 0 aromatic rings. The van der Waals surface area contributed by atoms with Crippen molar-refractivity contribution in [1.29, 1.82) is 0 Å². The molecule has 0 bridgehead atoms. The number of carbonyl (C=O) groups is 2. The van der Waals surface area contributed by atoms with E-state index in [1.165, 1.54) is 0 Å². The zero-order valence-electron chi connectivity index (χ0n) is 11.4. The van der Waals surface area contributed by atoms with Gasteiger partial charge in [-0.15, -0.1) is 0 Å². The summed E-state index contributed by atoms with van der Waals surface area (Å²) in [5.41, 5.74) is -1.11. The minimum atomic E-state index is -1.11. The highest BCUT2D eigenvalue weighted by molar-refractivity contribution is 6.03. The van der Waals surface area contributed by atoms with E-state index in [2.05, 4.69) is 0 Å². The van der Waals surface area contributed by atoms with Gasteiger partial charge in [-0.3, -0.25) is 14.5 Å². The van der Waals surface area contributed by atoms with E-state index in [9.17, 15) is 14.7 Å². The monoisotopic (exact) mass is 257 g/mol. The first kappa shape index (κ1) is 15.1. The van der Waals surface area contributed by atoms with E-state index in [4.69, 9.17) is 4.74 Å². The van der Waals surface area contributed by atoms with Gasteiger partial charge in [0.1, 0.15) is 5.41 Å². The molecule has 1 N–H and O–H groups in total. The molecule has 1 rings (SSSR count). The number of aliphatic hydroxyl groups is 1. The summed E-state index contributed by atoms with van der Waals surface area (Å²) in [7, 11) is 0. The van der Waals surface area contributed by atoms with Crippen LogP contribution in [0.5, 0.6) is 0 Å². The molecule has 18 heavy (non-hydrogen) atoms. The van der Waals surface area contributed by atoms with Crippen molar-refractivity contribution in [2.45, 2.75) is 39.7 Å². The smallest absolute Gasteiger partial charge is 0.319 e. The lowest BCUT2D eigenvalue weighted by Crippen LogP contribution is -2.44. The van der Waals surface area contributed by atoms with Gasteiger partial charge in [-0.1, -0.05) is 0 Å². The van der Waals surface area contributed by atoms with Crippen molar-refractivity contribution in [3.63, 3.8) is 0 Å². The van der Waals surface area contributed by atoms with Gasteiger partial charge in [0.05, 0.1) is 19.8 Å². The average molecular weight is 257 g/mol. The Hall–Kier alpha value is -0.940. The van der Waals surface area contributed by atoms with Gasteiger partial charge in [0.25, 0.3) is 0 Å². The van der Waals surface area contributed by atoms with Crippen molar-refractivity contribution in [3.05, 3.63) is 0 Å². The molecule has 5 nitrogen and oxygen atoms in total. The number of carbonyl (C=O) groups excluding carboxylic acids is 2. The summed E-state index contributed by atoms with van der Waals surface area (Å²) in [4.78, 5) is 25.8. The number of hydrogen-bond donors (Lipinski definition) is 1. The number of Topliss-reactive ketones (excluding diaryl/α,β-unsaturated/α-hetero) is 1. The Kier molecular flexibility index (Phi) is 5.28. The quantitative estimate of drug-likeness (QED) is 0.557. The van der Waals surface area contributed by atoms with Gasteiger partial charge in [-0.25, -0.2) is 0 Å². The predicted octanol–water partition coefficient (Wildman–Crippen LogP) is 0.601. The molecule has 1 saturated heterocycles. The number of aliphatic hydroxyl groups excluding tert-OH is 1. The first-order valence-electron chi connectivity index (χ1n) is 6.49. The molecule has 1 atom stereocenters. The number of rotatable bonds is 6. The van der Waals surface area contributed by atoms with Gasteiger partial charge in [0, 0.05) is 6.04 Å². The molecule has 0 amide bonds. The maximum atomic E-state index is 12.2. The molecule has 1 aliphatic rings. The summed E-state index contributed by atoms with van der Waals surface area (Å²) in [6, 6.07) is 0.0481. The first-order chi connectivity index (χ1) is 8.43. The standard InChI is InChI=1S/C13H23NO4/c1-4-18-12(17)13(2,3)11(16)8-14-7-5-6-10(14)9-15/h10,15H,4-9H2,1-3H3. The van der Waals surface area contributed by atoms with Crippen LogP contribution in [0.4, 0.5) is 0 Å². The molecule has 0 aromatic heterocycles. The second-order valence-corrected chi connectivity index (χ2v) is 5.22. The third kappa shape index (κ3) is 3.29. The maximum absolute atomic E-state index is 12.2. The normalized spacial score (nSPS) is 21.0. The number of esters is 1. The van der Waals surface area contributed by atoms with Crippen molar-refractivity contribution >= 4 is 11.8 Å². The van der Waals surface area contributed by atoms with E-state index < -0.39 is 11.4 Å². The van der Waals surface area contributed by atoms with Gasteiger partial charge in [0.15, 0.2) is 5.78 Å². The Balaban J connectivity index is 2.61. The molecule has 1 aliphatic heterocycles. The summed E-state index contributed by atoms with van der Waals surface area (Å²) in [5.74, 6) is -0.629. The maximum Gasteiger partial charge on any atom is 0.319 e. The third-order valence-corrected chi connectivity index (χ3v) is 3.54. The van der Waals surface area contributed by atoms with Crippen molar-refractivity contribution in [2.75, 3.05) is 26.3 Å². The van der Waals surface area contributed by atoms with Crippen molar-refractivity contribution in [3.8, 4) is 0 Å². The van der Waals surface area contributed by atoms with Crippen LogP contribution >= 0.6 is 0 Å². The molecule has 1 unspecified atom stereocenters.